The van der Waals surface area contributed by atoms with Gasteiger partial charge in [0.15, 0.2) is 0 Å². The van der Waals surface area contributed by atoms with E-state index in [1.54, 1.807) is 23.3 Å². The number of carbonyl (C=O) groups is 1. The molecule has 0 radical (unpaired) electrons. The maximum atomic E-state index is 12.7. The fraction of sp³-hybridized carbons (Fsp3) is 0.333. The number of rotatable bonds is 6. The summed E-state index contributed by atoms with van der Waals surface area (Å²) in [5.74, 6) is 5.41. The van der Waals surface area contributed by atoms with E-state index >= 15 is 0 Å². The Morgan fingerprint density at radius 3 is 2.48 bits per heavy atom. The van der Waals surface area contributed by atoms with Crippen molar-refractivity contribution in [1.29, 1.82) is 0 Å². The van der Waals surface area contributed by atoms with Crippen LogP contribution in [0, 0.1) is 0 Å². The molecule has 1 saturated carbocycles. The summed E-state index contributed by atoms with van der Waals surface area (Å²) in [6, 6.07) is 10.2. The Balaban J connectivity index is 0.000000596. The topological polar surface area (TPSA) is 80.0 Å². The van der Waals surface area contributed by atoms with Gasteiger partial charge in [-0.15, -0.1) is 11.8 Å². The molecule has 0 atom stereocenters. The highest BCUT2D eigenvalue weighted by Gasteiger charge is 2.32. The van der Waals surface area contributed by atoms with Crippen LogP contribution in [0.4, 0.5) is 18.9 Å². The first-order chi connectivity index (χ1) is 12.9. The van der Waals surface area contributed by atoms with Crippen LogP contribution < -0.4 is 16.6 Å². The summed E-state index contributed by atoms with van der Waals surface area (Å²) in [4.78, 5) is 13.8. The zero-order valence-corrected chi connectivity index (χ0v) is 15.5. The van der Waals surface area contributed by atoms with Gasteiger partial charge in [-0.05, 0) is 42.5 Å². The number of hydrogen-bond acceptors (Lipinski definition) is 5. The van der Waals surface area contributed by atoms with E-state index < -0.39 is 11.9 Å². The van der Waals surface area contributed by atoms with Gasteiger partial charge in [-0.2, -0.15) is 13.2 Å². The SMILES string of the molecule is CNc1cccc(C2CC2)c1SCc1cccc(C(F)(F)F)n1.NNC=O. The minimum Gasteiger partial charge on any atom is -0.387 e. The number of pyridine rings is 1. The van der Waals surface area contributed by atoms with Gasteiger partial charge >= 0.3 is 6.18 Å². The Labute approximate surface area is 159 Å². The summed E-state index contributed by atoms with van der Waals surface area (Å²) in [5, 5.41) is 3.17. The lowest BCUT2D eigenvalue weighted by atomic mass is 10.1. The van der Waals surface area contributed by atoms with Crippen molar-refractivity contribution in [2.75, 3.05) is 12.4 Å². The van der Waals surface area contributed by atoms with Crippen molar-refractivity contribution < 1.29 is 18.0 Å². The van der Waals surface area contributed by atoms with E-state index in [2.05, 4.69) is 22.2 Å². The molecule has 1 aromatic heterocycles. The molecule has 0 spiro atoms. The molecule has 1 fully saturated rings. The predicted octanol–water partition coefficient (Wildman–Crippen LogP) is 3.92. The fourth-order valence-corrected chi connectivity index (χ4v) is 3.67. The van der Waals surface area contributed by atoms with Crippen molar-refractivity contribution in [1.82, 2.24) is 10.4 Å². The normalized spacial score (nSPS) is 13.4. The van der Waals surface area contributed by atoms with Crippen molar-refractivity contribution in [3.05, 3.63) is 53.3 Å². The third kappa shape index (κ3) is 6.14. The van der Waals surface area contributed by atoms with Crippen LogP contribution in [0.15, 0.2) is 41.3 Å². The van der Waals surface area contributed by atoms with Gasteiger partial charge in [0.05, 0.1) is 5.69 Å². The van der Waals surface area contributed by atoms with E-state index in [1.807, 2.05) is 19.2 Å². The van der Waals surface area contributed by atoms with Crippen molar-refractivity contribution in [2.45, 2.75) is 35.6 Å². The second-order valence-electron chi connectivity index (χ2n) is 5.83. The van der Waals surface area contributed by atoms with E-state index in [4.69, 9.17) is 4.79 Å². The molecule has 1 aromatic carbocycles. The van der Waals surface area contributed by atoms with Crippen molar-refractivity contribution in [2.24, 2.45) is 5.84 Å². The van der Waals surface area contributed by atoms with Crippen molar-refractivity contribution >= 4 is 23.9 Å². The lowest BCUT2D eigenvalue weighted by Gasteiger charge is -2.14. The zero-order chi connectivity index (χ0) is 19.9. The number of carbonyl (C=O) groups excluding carboxylic acids is 1. The summed E-state index contributed by atoms with van der Waals surface area (Å²) in [5.41, 5.74) is 3.66. The Hall–Kier alpha value is -2.26. The number of amides is 1. The van der Waals surface area contributed by atoms with Crippen LogP contribution in [-0.2, 0) is 16.7 Å². The third-order valence-corrected chi connectivity index (χ3v) is 5.05. The average molecular weight is 398 g/mol. The molecule has 0 bridgehead atoms. The van der Waals surface area contributed by atoms with Crippen LogP contribution >= 0.6 is 11.8 Å². The monoisotopic (exact) mass is 398 g/mol. The first-order valence-electron chi connectivity index (χ1n) is 8.27. The number of alkyl halides is 3. The van der Waals surface area contributed by atoms with Gasteiger partial charge in [-0.3, -0.25) is 10.2 Å². The van der Waals surface area contributed by atoms with Gasteiger partial charge < -0.3 is 5.32 Å². The summed E-state index contributed by atoms with van der Waals surface area (Å²) in [6.45, 7) is 0. The molecule has 0 saturated heterocycles. The van der Waals surface area contributed by atoms with E-state index in [0.29, 0.717) is 23.8 Å². The molecule has 1 heterocycles. The molecule has 1 aliphatic rings. The Kier molecular flexibility index (Phi) is 7.49. The molecule has 5 nitrogen and oxygen atoms in total. The molecular weight excluding hydrogens is 377 g/mol. The number of halogens is 3. The van der Waals surface area contributed by atoms with Crippen LogP contribution in [0.1, 0.15) is 35.7 Å². The number of hydrogen-bond donors (Lipinski definition) is 3. The van der Waals surface area contributed by atoms with Crippen LogP contribution in [0.3, 0.4) is 0 Å². The summed E-state index contributed by atoms with van der Waals surface area (Å²) >= 11 is 1.55. The van der Waals surface area contributed by atoms with Gasteiger partial charge in [0.1, 0.15) is 5.69 Å². The first-order valence-corrected chi connectivity index (χ1v) is 9.25. The van der Waals surface area contributed by atoms with E-state index in [1.165, 1.54) is 24.5 Å². The number of benzene rings is 1. The minimum absolute atomic E-state index is 0.403. The highest BCUT2D eigenvalue weighted by Crippen LogP contribution is 2.46. The fourth-order valence-electron chi connectivity index (χ4n) is 2.49. The number of thioether (sulfide) groups is 1. The zero-order valence-electron chi connectivity index (χ0n) is 14.7. The molecule has 0 aliphatic heterocycles. The quantitative estimate of drug-likeness (QED) is 0.226. The van der Waals surface area contributed by atoms with E-state index in [9.17, 15) is 13.2 Å². The molecule has 2 aromatic rings. The molecule has 27 heavy (non-hydrogen) atoms. The average Bonchev–Trinajstić information content (AvgIpc) is 3.51. The van der Waals surface area contributed by atoms with Crippen LogP contribution in [-0.4, -0.2) is 18.4 Å². The van der Waals surface area contributed by atoms with Crippen LogP contribution in [0.5, 0.6) is 0 Å². The molecule has 4 N–H and O–H groups in total. The van der Waals surface area contributed by atoms with Gasteiger partial charge in [-0.25, -0.2) is 10.8 Å². The molecule has 0 unspecified atom stereocenters. The third-order valence-electron chi connectivity index (χ3n) is 3.86. The minimum atomic E-state index is -4.40. The van der Waals surface area contributed by atoms with Crippen LogP contribution in [0.25, 0.3) is 0 Å². The molecule has 1 amide bonds. The number of hydrazine groups is 1. The molecule has 9 heteroatoms. The maximum absolute atomic E-state index is 12.7. The van der Waals surface area contributed by atoms with Gasteiger partial charge in [0.2, 0.25) is 6.41 Å². The number of aromatic nitrogens is 1. The van der Waals surface area contributed by atoms with Gasteiger partial charge in [0.25, 0.3) is 0 Å². The predicted molar refractivity (Wildman–Crippen MR) is 100 cm³/mol. The Morgan fingerprint density at radius 1 is 1.26 bits per heavy atom. The second-order valence-corrected chi connectivity index (χ2v) is 6.82. The van der Waals surface area contributed by atoms with Crippen molar-refractivity contribution in [3.63, 3.8) is 0 Å². The summed E-state index contributed by atoms with van der Waals surface area (Å²) < 4.78 is 38.2. The van der Waals surface area contributed by atoms with Crippen LogP contribution in [0.2, 0.25) is 0 Å². The molecule has 146 valence electrons. The Bertz CT molecular complexity index is 767. The highest BCUT2D eigenvalue weighted by molar-refractivity contribution is 7.98. The van der Waals surface area contributed by atoms with Crippen molar-refractivity contribution in [3.8, 4) is 0 Å². The maximum Gasteiger partial charge on any atom is 0.433 e. The van der Waals surface area contributed by atoms with E-state index in [0.717, 1.165) is 16.6 Å². The number of nitrogens with two attached hydrogens (primary N) is 1. The largest absolute Gasteiger partial charge is 0.433 e. The number of nitrogens with one attached hydrogen (secondary N) is 2. The standard InChI is InChI=1S/C17H17F3N2S.CH4N2O/c1-21-14-6-3-5-13(11-8-9-11)16(14)23-10-12-4-2-7-15(22-12)17(18,19)20;2-3-1-4/h2-7,11,21H,8-10H2,1H3;1H,2H2,(H,3,4). The number of anilines is 1. The van der Waals surface area contributed by atoms with E-state index in [-0.39, 0.29) is 0 Å². The molecule has 1 aliphatic carbocycles. The Morgan fingerprint density at radius 2 is 1.93 bits per heavy atom. The second kappa shape index (κ2) is 9.61. The summed E-state index contributed by atoms with van der Waals surface area (Å²) in [6.07, 6.45) is -1.63. The molecular formula is C18H21F3N4OS. The van der Waals surface area contributed by atoms with Gasteiger partial charge in [0, 0.05) is 23.4 Å². The smallest absolute Gasteiger partial charge is 0.387 e. The lowest BCUT2D eigenvalue weighted by Crippen LogP contribution is -2.18. The lowest BCUT2D eigenvalue weighted by molar-refractivity contribution is -0.141. The highest BCUT2D eigenvalue weighted by atomic mass is 32.2. The molecule has 3 rings (SSSR count). The number of nitrogens with zero attached hydrogens (tertiary/aromatic N) is 1. The first kappa shape index (κ1) is 21.0. The summed E-state index contributed by atoms with van der Waals surface area (Å²) in [7, 11) is 1.86. The van der Waals surface area contributed by atoms with Gasteiger partial charge in [-0.1, -0.05) is 18.2 Å².